The maximum absolute atomic E-state index is 12.8. The van der Waals surface area contributed by atoms with Gasteiger partial charge in [-0.05, 0) is 70.6 Å². The zero-order valence-corrected chi connectivity index (χ0v) is 34.8. The number of nitrogens with two attached hydrogens (primary N) is 1. The Bertz CT molecular complexity index is 988. The number of amides is 1. The van der Waals surface area contributed by atoms with Gasteiger partial charge in [0.15, 0.2) is 0 Å². The number of hydrogen-bond acceptors (Lipinski definition) is 7. The number of carbonyl (C=O) groups excluding carboxylic acids is 1. The van der Waals surface area contributed by atoms with E-state index >= 15 is 0 Å². The number of allylic oxidation sites excluding steroid dienone is 7. The maximum Gasteiger partial charge on any atom is 0.472 e. The molecule has 4 atom stereocenters. The van der Waals surface area contributed by atoms with Crippen LogP contribution in [0.25, 0.3) is 0 Å². The van der Waals surface area contributed by atoms with Crippen LogP contribution < -0.4 is 11.1 Å². The van der Waals surface area contributed by atoms with Gasteiger partial charge >= 0.3 is 7.82 Å². The van der Waals surface area contributed by atoms with Crippen molar-refractivity contribution < 1.29 is 33.5 Å². The minimum absolute atomic E-state index is 0.0395. The van der Waals surface area contributed by atoms with Gasteiger partial charge in [0.2, 0.25) is 5.91 Å². The molecule has 1 amide bonds. The third-order valence-corrected chi connectivity index (χ3v) is 10.1. The Balaban J connectivity index is 4.44. The summed E-state index contributed by atoms with van der Waals surface area (Å²) in [6.07, 6.45) is 43.4. The number of carbonyl (C=O) groups is 1. The topological polar surface area (TPSA) is 151 Å². The van der Waals surface area contributed by atoms with Gasteiger partial charge in [-0.15, -0.1) is 0 Å². The van der Waals surface area contributed by atoms with Crippen molar-refractivity contribution in [1.29, 1.82) is 0 Å². The molecule has 0 aromatic heterocycles. The second kappa shape index (κ2) is 38.7. The first kappa shape index (κ1) is 51.4. The van der Waals surface area contributed by atoms with Crippen LogP contribution in [0.2, 0.25) is 0 Å². The fraction of sp³-hybridized carbons (Fsp3) is 0.791. The van der Waals surface area contributed by atoms with E-state index in [1.165, 1.54) is 89.9 Å². The molecule has 0 radical (unpaired) electrons. The van der Waals surface area contributed by atoms with Crippen molar-refractivity contribution in [3.05, 3.63) is 48.6 Å². The number of unbranched alkanes of at least 4 members (excludes halogenated alkanes) is 19. The molecule has 0 saturated heterocycles. The Hall–Kier alpha value is -1.58. The lowest BCUT2D eigenvalue weighted by Crippen LogP contribution is -2.46. The van der Waals surface area contributed by atoms with E-state index in [0.717, 1.165) is 57.8 Å². The Kier molecular flexibility index (Phi) is 37.5. The summed E-state index contributed by atoms with van der Waals surface area (Å²) in [5.41, 5.74) is 5.35. The van der Waals surface area contributed by atoms with Gasteiger partial charge in [-0.2, -0.15) is 0 Å². The quantitative estimate of drug-likeness (QED) is 0.0235. The summed E-state index contributed by atoms with van der Waals surface area (Å²) < 4.78 is 22.0. The molecule has 0 aliphatic heterocycles. The highest BCUT2D eigenvalue weighted by molar-refractivity contribution is 7.47. The number of nitrogens with one attached hydrogen (secondary N) is 1. The highest BCUT2D eigenvalue weighted by atomic mass is 31.2. The number of aliphatic hydroxyl groups excluding tert-OH is 2. The maximum atomic E-state index is 12.8. The summed E-state index contributed by atoms with van der Waals surface area (Å²) in [4.78, 5) is 22.7. The van der Waals surface area contributed by atoms with Crippen molar-refractivity contribution in [2.45, 2.75) is 199 Å². The lowest BCUT2D eigenvalue weighted by Gasteiger charge is -2.24. The van der Waals surface area contributed by atoms with Gasteiger partial charge in [-0.3, -0.25) is 13.8 Å². The minimum Gasteiger partial charge on any atom is -0.393 e. The summed E-state index contributed by atoms with van der Waals surface area (Å²) in [6.45, 7) is 3.91. The lowest BCUT2D eigenvalue weighted by atomic mass is 10.0. The Morgan fingerprint density at radius 1 is 0.642 bits per heavy atom. The van der Waals surface area contributed by atoms with Crippen LogP contribution in [0.1, 0.15) is 181 Å². The van der Waals surface area contributed by atoms with E-state index in [-0.39, 0.29) is 19.6 Å². The summed E-state index contributed by atoms with van der Waals surface area (Å²) in [7, 11) is -4.41. The van der Waals surface area contributed by atoms with E-state index in [1.807, 2.05) is 6.08 Å². The van der Waals surface area contributed by atoms with Crippen LogP contribution in [0.3, 0.4) is 0 Å². The van der Waals surface area contributed by atoms with Gasteiger partial charge in [0.1, 0.15) is 0 Å². The molecule has 0 fully saturated rings. The standard InChI is InChI=1S/C43H81N2O7P/c1-3-5-7-9-11-13-15-17-19-21-22-24-26-28-30-32-34-40(46)38-43(48)45-41(39-52-53(49,50)51-37-36-44)42(47)35-33-31-29-27-25-23-20-18-16-14-12-10-8-6-4-2/h16,18,22,24-25,27,33,35,40-42,46-47H,3-15,17,19-21,23,26,28-32,34,36-39,44H2,1-2H3,(H,45,48)(H,49,50)/b18-16+,24-22-,27-25+,35-33+. The predicted octanol–water partition coefficient (Wildman–Crippen LogP) is 10.7. The smallest absolute Gasteiger partial charge is 0.393 e. The largest absolute Gasteiger partial charge is 0.472 e. The molecule has 9 nitrogen and oxygen atoms in total. The van der Waals surface area contributed by atoms with Crippen molar-refractivity contribution in [3.8, 4) is 0 Å². The van der Waals surface area contributed by atoms with Crippen molar-refractivity contribution in [2.75, 3.05) is 19.8 Å². The van der Waals surface area contributed by atoms with Crippen LogP contribution in [0.5, 0.6) is 0 Å². The van der Waals surface area contributed by atoms with Gasteiger partial charge in [0, 0.05) is 6.54 Å². The SMILES string of the molecule is CCCCCCC/C=C/CC/C=C/CC/C=C/C(O)C(COP(=O)(O)OCCN)NC(=O)CC(O)CCCCC/C=C\CCCCCCCCCCC. The third-order valence-electron chi connectivity index (χ3n) is 9.16. The van der Waals surface area contributed by atoms with Crippen LogP contribution >= 0.6 is 7.82 Å². The van der Waals surface area contributed by atoms with Gasteiger partial charge in [0.25, 0.3) is 0 Å². The monoisotopic (exact) mass is 769 g/mol. The van der Waals surface area contributed by atoms with Gasteiger partial charge in [-0.1, -0.05) is 152 Å². The molecule has 53 heavy (non-hydrogen) atoms. The fourth-order valence-corrected chi connectivity index (χ4v) is 6.67. The zero-order valence-electron chi connectivity index (χ0n) is 33.9. The zero-order chi connectivity index (χ0) is 39.1. The van der Waals surface area contributed by atoms with Crippen LogP contribution in [0.4, 0.5) is 0 Å². The summed E-state index contributed by atoms with van der Waals surface area (Å²) in [6, 6.07) is -1.01. The molecule has 0 saturated carbocycles. The van der Waals surface area contributed by atoms with E-state index in [9.17, 15) is 24.5 Å². The molecule has 6 N–H and O–H groups in total. The molecule has 0 aliphatic rings. The summed E-state index contributed by atoms with van der Waals surface area (Å²) in [5, 5.41) is 24.0. The first-order valence-corrected chi connectivity index (χ1v) is 22.8. The molecular weight excluding hydrogens is 687 g/mol. The van der Waals surface area contributed by atoms with Crippen LogP contribution in [0.15, 0.2) is 48.6 Å². The van der Waals surface area contributed by atoms with Crippen LogP contribution in [-0.2, 0) is 18.4 Å². The molecule has 0 aromatic rings. The number of hydrogen-bond donors (Lipinski definition) is 5. The molecule has 0 aliphatic carbocycles. The Labute approximate surface area is 325 Å². The fourth-order valence-electron chi connectivity index (χ4n) is 5.91. The van der Waals surface area contributed by atoms with Crippen molar-refractivity contribution >= 4 is 13.7 Å². The molecule has 0 bridgehead atoms. The van der Waals surface area contributed by atoms with E-state index in [0.29, 0.717) is 12.8 Å². The molecule has 0 spiro atoms. The highest BCUT2D eigenvalue weighted by Crippen LogP contribution is 2.43. The van der Waals surface area contributed by atoms with E-state index in [1.54, 1.807) is 6.08 Å². The number of phosphoric ester groups is 1. The van der Waals surface area contributed by atoms with E-state index in [4.69, 9.17) is 14.8 Å². The number of phosphoric acid groups is 1. The second-order valence-electron chi connectivity index (χ2n) is 14.4. The normalized spacial score (nSPS) is 15.2. The van der Waals surface area contributed by atoms with Crippen LogP contribution in [0, 0.1) is 0 Å². The van der Waals surface area contributed by atoms with Crippen molar-refractivity contribution in [1.82, 2.24) is 5.32 Å². The first-order valence-electron chi connectivity index (χ1n) is 21.3. The molecule has 4 unspecified atom stereocenters. The second-order valence-corrected chi connectivity index (χ2v) is 15.8. The van der Waals surface area contributed by atoms with E-state index in [2.05, 4.69) is 55.6 Å². The molecule has 10 heteroatoms. The lowest BCUT2D eigenvalue weighted by molar-refractivity contribution is -0.124. The molecule has 0 aromatic carbocycles. The average molecular weight is 769 g/mol. The van der Waals surface area contributed by atoms with Gasteiger partial charge < -0.3 is 26.2 Å². The predicted molar refractivity (Wildman–Crippen MR) is 223 cm³/mol. The molecular formula is C43H81N2O7P. The summed E-state index contributed by atoms with van der Waals surface area (Å²) >= 11 is 0. The first-order chi connectivity index (χ1) is 25.8. The third kappa shape index (κ3) is 37.1. The van der Waals surface area contributed by atoms with Gasteiger partial charge in [0.05, 0.1) is 37.9 Å². The minimum atomic E-state index is -4.41. The molecule has 0 rings (SSSR count). The Morgan fingerprint density at radius 2 is 1.08 bits per heavy atom. The molecule has 0 heterocycles. The number of rotatable bonds is 39. The molecule has 310 valence electrons. The highest BCUT2D eigenvalue weighted by Gasteiger charge is 2.27. The van der Waals surface area contributed by atoms with Crippen LogP contribution in [-0.4, -0.2) is 59.0 Å². The summed E-state index contributed by atoms with van der Waals surface area (Å²) in [5.74, 6) is -0.470. The average Bonchev–Trinajstić information content (AvgIpc) is 3.13. The number of aliphatic hydroxyl groups is 2. The van der Waals surface area contributed by atoms with Crippen molar-refractivity contribution in [3.63, 3.8) is 0 Å². The Morgan fingerprint density at radius 3 is 1.57 bits per heavy atom. The van der Waals surface area contributed by atoms with E-state index < -0.39 is 38.6 Å². The van der Waals surface area contributed by atoms with Gasteiger partial charge in [-0.25, -0.2) is 4.57 Å². The van der Waals surface area contributed by atoms with Crippen molar-refractivity contribution in [2.24, 2.45) is 5.73 Å².